The molecule has 21 heavy (non-hydrogen) atoms. The summed E-state index contributed by atoms with van der Waals surface area (Å²) in [5.74, 6) is 0.791. The maximum absolute atomic E-state index is 12.1. The van der Waals surface area contributed by atoms with Gasteiger partial charge in [-0.2, -0.15) is 0 Å². The van der Waals surface area contributed by atoms with E-state index in [4.69, 9.17) is 16.3 Å². The predicted molar refractivity (Wildman–Crippen MR) is 87.2 cm³/mol. The molecular weight excluding hydrogens is 288 g/mol. The third-order valence-electron chi connectivity index (χ3n) is 3.71. The average Bonchev–Trinajstić information content (AvgIpc) is 2.46. The van der Waals surface area contributed by atoms with Crippen molar-refractivity contribution in [2.24, 2.45) is 7.05 Å². The van der Waals surface area contributed by atoms with Gasteiger partial charge in [0.05, 0.1) is 12.8 Å². The van der Waals surface area contributed by atoms with Crippen molar-refractivity contribution in [3.8, 4) is 5.75 Å². The summed E-state index contributed by atoms with van der Waals surface area (Å²) in [4.78, 5) is 12.1. The molecule has 2 aromatic rings. The van der Waals surface area contributed by atoms with E-state index in [1.54, 1.807) is 14.2 Å². The van der Waals surface area contributed by atoms with Gasteiger partial charge in [-0.25, -0.2) is 0 Å². The second-order valence-corrected chi connectivity index (χ2v) is 5.47. The van der Waals surface area contributed by atoms with E-state index in [1.165, 1.54) is 4.57 Å². The highest BCUT2D eigenvalue weighted by molar-refractivity contribution is 6.33. The second kappa shape index (κ2) is 5.82. The van der Waals surface area contributed by atoms with Crippen molar-refractivity contribution >= 4 is 23.0 Å². The fourth-order valence-electron chi connectivity index (χ4n) is 2.26. The molecule has 0 amide bonds. The van der Waals surface area contributed by atoms with Crippen LogP contribution in [0.5, 0.6) is 5.75 Å². The van der Waals surface area contributed by atoms with E-state index in [0.717, 1.165) is 28.3 Å². The quantitative estimate of drug-likeness (QED) is 0.940. The van der Waals surface area contributed by atoms with Gasteiger partial charge in [-0.1, -0.05) is 17.7 Å². The predicted octanol–water partition coefficient (Wildman–Crippen LogP) is 3.72. The molecule has 112 valence electrons. The van der Waals surface area contributed by atoms with E-state index in [9.17, 15) is 4.79 Å². The number of benzene rings is 1. The first-order chi connectivity index (χ1) is 9.86. The van der Waals surface area contributed by atoms with Crippen molar-refractivity contribution in [2.45, 2.75) is 20.8 Å². The normalized spacial score (nSPS) is 10.6. The van der Waals surface area contributed by atoms with Crippen molar-refractivity contribution < 1.29 is 4.74 Å². The van der Waals surface area contributed by atoms with Crippen LogP contribution in [-0.4, -0.2) is 11.7 Å². The highest BCUT2D eigenvalue weighted by Crippen LogP contribution is 2.32. The molecule has 0 spiro atoms. The molecule has 1 heterocycles. The Labute approximate surface area is 129 Å². The highest BCUT2D eigenvalue weighted by atomic mass is 35.5. The fourth-order valence-corrected chi connectivity index (χ4v) is 2.49. The Morgan fingerprint density at radius 3 is 2.52 bits per heavy atom. The first-order valence-corrected chi connectivity index (χ1v) is 7.02. The van der Waals surface area contributed by atoms with Crippen molar-refractivity contribution in [3.05, 3.63) is 50.4 Å². The average molecular weight is 307 g/mol. The van der Waals surface area contributed by atoms with Crippen LogP contribution in [0.3, 0.4) is 0 Å². The molecule has 1 aromatic heterocycles. The third-order valence-corrected chi connectivity index (χ3v) is 4.08. The Morgan fingerprint density at radius 2 is 1.90 bits per heavy atom. The molecule has 0 saturated carbocycles. The number of rotatable bonds is 3. The summed E-state index contributed by atoms with van der Waals surface area (Å²) >= 11 is 6.17. The van der Waals surface area contributed by atoms with Crippen LogP contribution in [-0.2, 0) is 7.05 Å². The molecule has 4 nitrogen and oxygen atoms in total. The van der Waals surface area contributed by atoms with Crippen LogP contribution in [0.25, 0.3) is 0 Å². The van der Waals surface area contributed by atoms with Gasteiger partial charge in [0, 0.05) is 24.0 Å². The van der Waals surface area contributed by atoms with E-state index in [1.807, 2.05) is 39.0 Å². The first kappa shape index (κ1) is 15.4. The zero-order chi connectivity index (χ0) is 15.7. The summed E-state index contributed by atoms with van der Waals surface area (Å²) in [7, 11) is 3.34. The fraction of sp³-hybridized carbons (Fsp3) is 0.312. The van der Waals surface area contributed by atoms with Crippen molar-refractivity contribution in [1.29, 1.82) is 0 Å². The van der Waals surface area contributed by atoms with Crippen LogP contribution in [0.4, 0.5) is 11.4 Å². The first-order valence-electron chi connectivity index (χ1n) is 6.64. The smallest absolute Gasteiger partial charge is 0.271 e. The number of anilines is 2. The minimum absolute atomic E-state index is 0.185. The van der Waals surface area contributed by atoms with Crippen molar-refractivity contribution in [1.82, 2.24) is 4.57 Å². The van der Waals surface area contributed by atoms with E-state index in [-0.39, 0.29) is 10.6 Å². The van der Waals surface area contributed by atoms with Crippen LogP contribution in [0.15, 0.2) is 23.0 Å². The van der Waals surface area contributed by atoms with E-state index >= 15 is 0 Å². The van der Waals surface area contributed by atoms with Gasteiger partial charge >= 0.3 is 0 Å². The summed E-state index contributed by atoms with van der Waals surface area (Å²) in [5.41, 5.74) is 4.18. The minimum Gasteiger partial charge on any atom is -0.496 e. The lowest BCUT2D eigenvalue weighted by Gasteiger charge is -2.17. The SMILES string of the molecule is COc1ccc(C)c(Nc2cc(C)n(C)c(=O)c2Cl)c1C. The number of nitrogens with one attached hydrogen (secondary N) is 1. The van der Waals surface area contributed by atoms with Gasteiger partial charge < -0.3 is 14.6 Å². The molecule has 0 aliphatic rings. The zero-order valence-electron chi connectivity index (χ0n) is 12.9. The summed E-state index contributed by atoms with van der Waals surface area (Å²) in [6.07, 6.45) is 0. The molecule has 5 heteroatoms. The molecule has 1 aromatic carbocycles. The largest absolute Gasteiger partial charge is 0.496 e. The van der Waals surface area contributed by atoms with Gasteiger partial charge in [0.15, 0.2) is 0 Å². The topological polar surface area (TPSA) is 43.3 Å². The summed E-state index contributed by atoms with van der Waals surface area (Å²) in [5, 5.41) is 3.45. The molecule has 0 radical (unpaired) electrons. The summed E-state index contributed by atoms with van der Waals surface area (Å²) in [6.45, 7) is 5.83. The molecule has 0 saturated heterocycles. The lowest BCUT2D eigenvalue weighted by atomic mass is 10.1. The van der Waals surface area contributed by atoms with Gasteiger partial charge in [-0.3, -0.25) is 4.79 Å². The standard InChI is InChI=1S/C16H19ClN2O2/c1-9-6-7-13(21-5)11(3)15(9)18-12-8-10(2)19(4)16(20)14(12)17/h6-8,18H,1-5H3. The second-order valence-electron chi connectivity index (χ2n) is 5.09. The molecule has 0 aliphatic carbocycles. The Kier molecular flexibility index (Phi) is 4.28. The molecule has 0 bridgehead atoms. The van der Waals surface area contributed by atoms with Gasteiger partial charge in [0.25, 0.3) is 5.56 Å². The number of aryl methyl sites for hydroxylation is 2. The zero-order valence-corrected chi connectivity index (χ0v) is 13.6. The van der Waals surface area contributed by atoms with Gasteiger partial charge in [-0.05, 0) is 38.5 Å². The Hall–Kier alpha value is -1.94. The molecule has 0 fully saturated rings. The number of halogens is 1. The minimum atomic E-state index is -0.211. The maximum atomic E-state index is 12.1. The Balaban J connectivity index is 2.56. The van der Waals surface area contributed by atoms with E-state index in [2.05, 4.69) is 5.32 Å². The summed E-state index contributed by atoms with van der Waals surface area (Å²) in [6, 6.07) is 5.75. The summed E-state index contributed by atoms with van der Waals surface area (Å²) < 4.78 is 6.86. The molecule has 0 aliphatic heterocycles. The van der Waals surface area contributed by atoms with Crippen LogP contribution >= 0.6 is 11.6 Å². The Morgan fingerprint density at radius 1 is 1.24 bits per heavy atom. The number of pyridine rings is 1. The number of hydrogen-bond acceptors (Lipinski definition) is 3. The lowest BCUT2D eigenvalue weighted by Crippen LogP contribution is -2.20. The van der Waals surface area contributed by atoms with Crippen LogP contribution in [0.1, 0.15) is 16.8 Å². The van der Waals surface area contributed by atoms with Crippen molar-refractivity contribution in [3.63, 3.8) is 0 Å². The van der Waals surface area contributed by atoms with Gasteiger partial charge in [-0.15, -0.1) is 0 Å². The monoisotopic (exact) mass is 306 g/mol. The van der Waals surface area contributed by atoms with Gasteiger partial charge in [0.1, 0.15) is 10.8 Å². The van der Waals surface area contributed by atoms with Crippen LogP contribution in [0, 0.1) is 20.8 Å². The van der Waals surface area contributed by atoms with Crippen molar-refractivity contribution in [2.75, 3.05) is 12.4 Å². The van der Waals surface area contributed by atoms with Crippen LogP contribution < -0.4 is 15.6 Å². The van der Waals surface area contributed by atoms with E-state index < -0.39 is 0 Å². The number of methoxy groups -OCH3 is 1. The third kappa shape index (κ3) is 2.76. The molecule has 1 N–H and O–H groups in total. The molecular formula is C16H19ClN2O2. The number of aromatic nitrogens is 1. The number of ether oxygens (including phenoxy) is 1. The molecule has 0 unspecified atom stereocenters. The number of hydrogen-bond donors (Lipinski definition) is 1. The van der Waals surface area contributed by atoms with E-state index in [0.29, 0.717) is 5.69 Å². The van der Waals surface area contributed by atoms with Gasteiger partial charge in [0.2, 0.25) is 0 Å². The number of nitrogens with zero attached hydrogens (tertiary/aromatic N) is 1. The maximum Gasteiger partial charge on any atom is 0.271 e. The highest BCUT2D eigenvalue weighted by Gasteiger charge is 2.13. The van der Waals surface area contributed by atoms with Crippen LogP contribution in [0.2, 0.25) is 5.02 Å². The molecule has 2 rings (SSSR count). The lowest BCUT2D eigenvalue weighted by molar-refractivity contribution is 0.412. The Bertz CT molecular complexity index is 751. The molecule has 0 atom stereocenters.